The Morgan fingerprint density at radius 2 is 1.84 bits per heavy atom. The number of carbonyl (C=O) groups excluding carboxylic acids is 1. The molecule has 0 spiro atoms. The van der Waals surface area contributed by atoms with E-state index >= 15 is 0 Å². The second-order valence-electron chi connectivity index (χ2n) is 7.40. The summed E-state index contributed by atoms with van der Waals surface area (Å²) >= 11 is 0. The van der Waals surface area contributed by atoms with E-state index in [9.17, 15) is 18.0 Å². The molecule has 0 aromatic heterocycles. The molecule has 1 atom stereocenters. The zero-order valence-electron chi connectivity index (χ0n) is 16.9. The smallest absolute Gasteiger partial charge is 0.490 e. The number of hydrogen-bond donors (Lipinski definition) is 1. The molecule has 2 aliphatic rings. The van der Waals surface area contributed by atoms with Crippen molar-refractivity contribution in [3.63, 3.8) is 0 Å². The SMILES string of the molecule is COc1ccc2c(c1)C[C@@H]1CN(Cc3ccccc3)CCN1C2=O.O=C(O)C(F)(F)F. The summed E-state index contributed by atoms with van der Waals surface area (Å²) in [5, 5.41) is 7.12. The molecule has 1 saturated heterocycles. The molecule has 2 heterocycles. The van der Waals surface area contributed by atoms with Crippen LogP contribution in [0.1, 0.15) is 21.5 Å². The monoisotopic (exact) mass is 436 g/mol. The van der Waals surface area contributed by atoms with Gasteiger partial charge in [0.1, 0.15) is 5.75 Å². The van der Waals surface area contributed by atoms with Crippen molar-refractivity contribution in [2.75, 3.05) is 26.7 Å². The lowest BCUT2D eigenvalue weighted by atomic mass is 9.91. The van der Waals surface area contributed by atoms with Crippen LogP contribution in [-0.2, 0) is 17.8 Å². The van der Waals surface area contributed by atoms with Gasteiger partial charge < -0.3 is 14.7 Å². The number of piperazine rings is 1. The average Bonchev–Trinajstić information content (AvgIpc) is 2.74. The summed E-state index contributed by atoms with van der Waals surface area (Å²) in [5.41, 5.74) is 3.28. The first kappa shape index (κ1) is 22.6. The van der Waals surface area contributed by atoms with Crippen molar-refractivity contribution in [3.05, 3.63) is 65.2 Å². The minimum atomic E-state index is -5.08. The van der Waals surface area contributed by atoms with E-state index in [4.69, 9.17) is 14.6 Å². The van der Waals surface area contributed by atoms with Crippen LogP contribution in [0.5, 0.6) is 5.75 Å². The van der Waals surface area contributed by atoms with E-state index in [1.807, 2.05) is 24.3 Å². The van der Waals surface area contributed by atoms with E-state index in [0.717, 1.165) is 49.5 Å². The quantitative estimate of drug-likeness (QED) is 0.800. The van der Waals surface area contributed by atoms with Crippen molar-refractivity contribution in [2.24, 2.45) is 0 Å². The number of fused-ring (bicyclic) bond motifs is 2. The van der Waals surface area contributed by atoms with Gasteiger partial charge in [0.05, 0.1) is 7.11 Å². The number of ether oxygens (including phenoxy) is 1. The second-order valence-corrected chi connectivity index (χ2v) is 7.40. The summed E-state index contributed by atoms with van der Waals surface area (Å²) in [4.78, 5) is 26.2. The zero-order chi connectivity index (χ0) is 22.6. The molecule has 0 radical (unpaired) electrons. The van der Waals surface area contributed by atoms with Gasteiger partial charge in [-0.05, 0) is 35.7 Å². The average molecular weight is 436 g/mol. The standard InChI is InChI=1S/C20H22N2O2.C2HF3O2/c1-24-18-7-8-19-16(12-18)11-17-14-21(9-10-22(17)20(19)23)13-15-5-3-2-4-6-15;3-2(4,5)1(6)7/h2-8,12,17H,9-11,13-14H2,1H3;(H,6,7)/t17-;/m1./s1. The third kappa shape index (κ3) is 5.55. The minimum absolute atomic E-state index is 0.170. The minimum Gasteiger partial charge on any atom is -0.497 e. The number of aliphatic carboxylic acids is 1. The van der Waals surface area contributed by atoms with Gasteiger partial charge in [0.15, 0.2) is 0 Å². The number of carboxylic acids is 1. The maximum atomic E-state index is 12.8. The second kappa shape index (κ2) is 9.38. The van der Waals surface area contributed by atoms with Crippen LogP contribution in [-0.4, -0.2) is 65.7 Å². The molecule has 31 heavy (non-hydrogen) atoms. The topological polar surface area (TPSA) is 70.1 Å². The van der Waals surface area contributed by atoms with E-state index in [-0.39, 0.29) is 11.9 Å². The van der Waals surface area contributed by atoms with Crippen molar-refractivity contribution >= 4 is 11.9 Å². The summed E-state index contributed by atoms with van der Waals surface area (Å²) in [6, 6.07) is 16.6. The fraction of sp³-hybridized carbons (Fsp3) is 0.364. The number of hydrogen-bond acceptors (Lipinski definition) is 4. The molecule has 166 valence electrons. The summed E-state index contributed by atoms with van der Waals surface area (Å²) in [6.45, 7) is 3.62. The van der Waals surface area contributed by atoms with Gasteiger partial charge >= 0.3 is 12.1 Å². The molecule has 4 rings (SSSR count). The van der Waals surface area contributed by atoms with E-state index in [1.54, 1.807) is 7.11 Å². The van der Waals surface area contributed by atoms with Crippen LogP contribution in [0.2, 0.25) is 0 Å². The molecule has 2 aromatic rings. The van der Waals surface area contributed by atoms with E-state index < -0.39 is 12.1 Å². The molecule has 1 amide bonds. The van der Waals surface area contributed by atoms with Gasteiger partial charge in [-0.1, -0.05) is 30.3 Å². The third-order valence-electron chi connectivity index (χ3n) is 5.32. The largest absolute Gasteiger partial charge is 0.497 e. The molecule has 2 aromatic carbocycles. The van der Waals surface area contributed by atoms with Crippen LogP contribution >= 0.6 is 0 Å². The third-order valence-corrected chi connectivity index (χ3v) is 5.32. The van der Waals surface area contributed by atoms with Crippen LogP contribution < -0.4 is 4.74 Å². The molecule has 9 heteroatoms. The predicted octanol–water partition coefficient (Wildman–Crippen LogP) is 3.21. The van der Waals surface area contributed by atoms with E-state index in [2.05, 4.69) is 34.1 Å². The Morgan fingerprint density at radius 3 is 2.45 bits per heavy atom. The highest BCUT2D eigenvalue weighted by atomic mass is 19.4. The lowest BCUT2D eigenvalue weighted by Gasteiger charge is -2.44. The predicted molar refractivity (Wildman–Crippen MR) is 107 cm³/mol. The first-order valence-corrected chi connectivity index (χ1v) is 9.73. The number of nitrogens with zero attached hydrogens (tertiary/aromatic N) is 2. The van der Waals surface area contributed by atoms with Crippen LogP contribution in [0.15, 0.2) is 48.5 Å². The lowest BCUT2D eigenvalue weighted by molar-refractivity contribution is -0.192. The van der Waals surface area contributed by atoms with Crippen LogP contribution in [0, 0.1) is 0 Å². The molecule has 1 fully saturated rings. The number of rotatable bonds is 3. The number of halogens is 3. The summed E-state index contributed by atoms with van der Waals surface area (Å²) in [6.07, 6.45) is -4.18. The normalized spacial score (nSPS) is 18.4. The van der Waals surface area contributed by atoms with Crippen molar-refractivity contribution in [3.8, 4) is 5.75 Å². The summed E-state index contributed by atoms with van der Waals surface area (Å²) in [7, 11) is 1.67. The number of methoxy groups -OCH3 is 1. The molecule has 6 nitrogen and oxygen atoms in total. The Hall–Kier alpha value is -3.07. The van der Waals surface area contributed by atoms with Gasteiger partial charge in [-0.25, -0.2) is 4.79 Å². The Labute approximate surface area is 177 Å². The maximum absolute atomic E-state index is 12.8. The van der Waals surface area contributed by atoms with Gasteiger partial charge in [-0.3, -0.25) is 9.69 Å². The van der Waals surface area contributed by atoms with Crippen molar-refractivity contribution in [2.45, 2.75) is 25.2 Å². The van der Waals surface area contributed by atoms with Gasteiger partial charge in [-0.15, -0.1) is 0 Å². The van der Waals surface area contributed by atoms with Crippen molar-refractivity contribution in [1.82, 2.24) is 9.80 Å². The zero-order valence-corrected chi connectivity index (χ0v) is 16.9. The van der Waals surface area contributed by atoms with E-state index in [1.165, 1.54) is 5.56 Å². The molecule has 0 unspecified atom stereocenters. The molecular formula is C22H23F3N2O4. The van der Waals surface area contributed by atoms with Gasteiger partial charge in [0.2, 0.25) is 0 Å². The van der Waals surface area contributed by atoms with Crippen molar-refractivity contribution < 1.29 is 32.6 Å². The maximum Gasteiger partial charge on any atom is 0.490 e. The van der Waals surface area contributed by atoms with Crippen LogP contribution in [0.25, 0.3) is 0 Å². The lowest BCUT2D eigenvalue weighted by Crippen LogP contribution is -2.57. The first-order chi connectivity index (χ1) is 14.7. The Morgan fingerprint density at radius 1 is 1.16 bits per heavy atom. The Balaban J connectivity index is 0.000000339. The number of carbonyl (C=O) groups is 2. The molecule has 1 N–H and O–H groups in total. The number of alkyl halides is 3. The molecule has 0 bridgehead atoms. The molecule has 0 saturated carbocycles. The van der Waals surface area contributed by atoms with Crippen LogP contribution in [0.3, 0.4) is 0 Å². The fourth-order valence-electron chi connectivity index (χ4n) is 3.83. The van der Waals surface area contributed by atoms with Gasteiger partial charge in [0, 0.05) is 37.8 Å². The summed E-state index contributed by atoms with van der Waals surface area (Å²) in [5.74, 6) is -1.76. The number of benzene rings is 2. The highest BCUT2D eigenvalue weighted by Crippen LogP contribution is 2.29. The highest BCUT2D eigenvalue weighted by Gasteiger charge is 2.38. The summed E-state index contributed by atoms with van der Waals surface area (Å²) < 4.78 is 37.1. The molecule has 0 aliphatic carbocycles. The Kier molecular flexibility index (Phi) is 6.84. The van der Waals surface area contributed by atoms with E-state index in [0.29, 0.717) is 0 Å². The first-order valence-electron chi connectivity index (χ1n) is 9.73. The number of amides is 1. The molecule has 2 aliphatic heterocycles. The van der Waals surface area contributed by atoms with Crippen LogP contribution in [0.4, 0.5) is 13.2 Å². The van der Waals surface area contributed by atoms with Gasteiger partial charge in [-0.2, -0.15) is 13.2 Å². The van der Waals surface area contributed by atoms with Gasteiger partial charge in [0.25, 0.3) is 5.91 Å². The highest BCUT2D eigenvalue weighted by molar-refractivity contribution is 5.97. The molecular weight excluding hydrogens is 413 g/mol. The Bertz CT molecular complexity index is 934. The number of carboxylic acid groups (broad SMARTS) is 1. The van der Waals surface area contributed by atoms with Crippen molar-refractivity contribution in [1.29, 1.82) is 0 Å². The fourth-order valence-corrected chi connectivity index (χ4v) is 3.83.